The molecule has 2 nitrogen and oxygen atoms in total. The molecule has 0 saturated carbocycles. The summed E-state index contributed by atoms with van der Waals surface area (Å²) in [7, 11) is 0. The monoisotopic (exact) mass is 231 g/mol. The first kappa shape index (κ1) is 12.5. The molecule has 88 valence electrons. The molecule has 0 aliphatic heterocycles. The third kappa shape index (κ3) is 3.56. The number of nitrogens with one attached hydrogen (secondary N) is 1. The Labute approximate surface area is 91.5 Å². The van der Waals surface area contributed by atoms with E-state index in [1.807, 2.05) is 0 Å². The predicted molar refractivity (Wildman–Crippen MR) is 55.2 cm³/mol. The van der Waals surface area contributed by atoms with Crippen LogP contribution >= 0.6 is 0 Å². The van der Waals surface area contributed by atoms with Gasteiger partial charge < -0.3 is 10.1 Å². The van der Waals surface area contributed by atoms with Crippen LogP contribution in [0, 0.1) is 0 Å². The van der Waals surface area contributed by atoms with Crippen LogP contribution in [0.1, 0.15) is 18.9 Å². The molecule has 1 aromatic carbocycles. The van der Waals surface area contributed by atoms with E-state index in [1.54, 1.807) is 6.92 Å². The maximum absolute atomic E-state index is 12.2. The van der Waals surface area contributed by atoms with Crippen LogP contribution < -0.4 is 5.32 Å². The minimum absolute atomic E-state index is 0.0887. The highest BCUT2D eigenvalue weighted by molar-refractivity contribution is 5.53. The Balaban J connectivity index is 2.68. The zero-order valence-electron chi connectivity index (χ0n) is 8.71. The van der Waals surface area contributed by atoms with Crippen molar-refractivity contribution in [2.45, 2.75) is 25.6 Å². The third-order valence-corrected chi connectivity index (χ3v) is 2.08. The molecule has 0 heterocycles. The predicted octanol–water partition coefficient (Wildman–Crippen LogP) is 3.09. The van der Waals surface area contributed by atoms with Crippen molar-refractivity contribution in [2.24, 2.45) is 0 Å². The molecule has 1 atom stereocenters. The first-order valence-corrected chi connectivity index (χ1v) is 4.81. The molecule has 0 bridgehead atoms. The lowest BCUT2D eigenvalue weighted by molar-refractivity contribution is -0.137. The number of carbonyl (C=O) groups excluding carboxylic acids is 1. The van der Waals surface area contributed by atoms with Gasteiger partial charge >= 0.3 is 6.18 Å². The van der Waals surface area contributed by atoms with Crippen molar-refractivity contribution in [2.75, 3.05) is 5.32 Å². The van der Waals surface area contributed by atoms with Crippen molar-refractivity contribution in [1.82, 2.24) is 0 Å². The molecule has 1 unspecified atom stereocenters. The van der Waals surface area contributed by atoms with E-state index in [2.05, 4.69) is 5.32 Å². The van der Waals surface area contributed by atoms with Gasteiger partial charge in [-0.1, -0.05) is 0 Å². The second-order valence-corrected chi connectivity index (χ2v) is 3.52. The third-order valence-electron chi connectivity index (χ3n) is 2.08. The maximum Gasteiger partial charge on any atom is 0.416 e. The highest BCUT2D eigenvalue weighted by Gasteiger charge is 2.29. The van der Waals surface area contributed by atoms with Crippen LogP contribution in [0.3, 0.4) is 0 Å². The average Bonchev–Trinajstić information content (AvgIpc) is 2.17. The molecule has 0 aliphatic carbocycles. The highest BCUT2D eigenvalue weighted by Crippen LogP contribution is 2.29. The first-order chi connectivity index (χ1) is 7.43. The van der Waals surface area contributed by atoms with E-state index >= 15 is 0 Å². The van der Waals surface area contributed by atoms with Gasteiger partial charge in [0, 0.05) is 18.2 Å². The number of carbonyl (C=O) groups is 1. The molecule has 0 aromatic heterocycles. The fourth-order valence-corrected chi connectivity index (χ4v) is 1.24. The van der Waals surface area contributed by atoms with E-state index in [-0.39, 0.29) is 6.04 Å². The molecular weight excluding hydrogens is 219 g/mol. The number of anilines is 1. The summed E-state index contributed by atoms with van der Waals surface area (Å²) in [6.45, 7) is 1.78. The number of halogens is 3. The molecule has 5 heteroatoms. The molecule has 1 aromatic rings. The van der Waals surface area contributed by atoms with Gasteiger partial charge in [-0.3, -0.25) is 0 Å². The summed E-state index contributed by atoms with van der Waals surface area (Å²) in [5.41, 5.74) is -0.108. The summed E-state index contributed by atoms with van der Waals surface area (Å²) in [6, 6.07) is 4.63. The number of hydrogen-bond acceptors (Lipinski definition) is 2. The molecule has 16 heavy (non-hydrogen) atoms. The normalized spacial score (nSPS) is 13.2. The summed E-state index contributed by atoms with van der Waals surface area (Å²) >= 11 is 0. The van der Waals surface area contributed by atoms with Crippen LogP contribution in [-0.2, 0) is 11.0 Å². The molecule has 0 aliphatic rings. The Kier molecular flexibility index (Phi) is 3.93. The maximum atomic E-state index is 12.2. The number of benzene rings is 1. The molecule has 0 spiro atoms. The topological polar surface area (TPSA) is 29.1 Å². The van der Waals surface area contributed by atoms with Crippen LogP contribution in [0.5, 0.6) is 0 Å². The van der Waals surface area contributed by atoms with Gasteiger partial charge in [0.05, 0.1) is 5.56 Å². The summed E-state index contributed by atoms with van der Waals surface area (Å²) in [5, 5.41) is 2.92. The Morgan fingerprint density at radius 2 is 1.88 bits per heavy atom. The van der Waals surface area contributed by atoms with Crippen molar-refractivity contribution in [3.8, 4) is 0 Å². The number of rotatable bonds is 4. The Bertz CT molecular complexity index is 345. The van der Waals surface area contributed by atoms with Crippen LogP contribution in [-0.4, -0.2) is 12.3 Å². The first-order valence-electron chi connectivity index (χ1n) is 4.81. The molecule has 0 amide bonds. The number of aldehydes is 1. The molecule has 0 fully saturated rings. The molecule has 0 saturated heterocycles. The Morgan fingerprint density at radius 1 is 1.31 bits per heavy atom. The lowest BCUT2D eigenvalue weighted by Gasteiger charge is -2.13. The minimum atomic E-state index is -4.31. The Morgan fingerprint density at radius 3 is 2.31 bits per heavy atom. The SMILES string of the molecule is CC(CC=O)Nc1ccc(C(F)(F)F)cc1. The number of hydrogen-bond donors (Lipinski definition) is 1. The van der Waals surface area contributed by atoms with Crippen LogP contribution in [0.15, 0.2) is 24.3 Å². The van der Waals surface area contributed by atoms with Gasteiger partial charge in [-0.25, -0.2) is 0 Å². The standard InChI is InChI=1S/C11H12F3NO/c1-8(6-7-16)15-10-4-2-9(3-5-10)11(12,13)14/h2-5,7-8,15H,6H2,1H3. The molecule has 1 N–H and O–H groups in total. The van der Waals surface area contributed by atoms with Crippen molar-refractivity contribution < 1.29 is 18.0 Å². The zero-order chi connectivity index (χ0) is 12.2. The van der Waals surface area contributed by atoms with Gasteiger partial charge in [0.15, 0.2) is 0 Å². The summed E-state index contributed by atoms with van der Waals surface area (Å²) in [5.74, 6) is 0. The fraction of sp³-hybridized carbons (Fsp3) is 0.364. The van der Waals surface area contributed by atoms with Crippen molar-refractivity contribution >= 4 is 12.0 Å². The Hall–Kier alpha value is -1.52. The molecular formula is C11H12F3NO. The zero-order valence-corrected chi connectivity index (χ0v) is 8.71. The smallest absolute Gasteiger partial charge is 0.382 e. The van der Waals surface area contributed by atoms with Crippen LogP contribution in [0.4, 0.5) is 18.9 Å². The molecule has 0 radical (unpaired) electrons. The van der Waals surface area contributed by atoms with Crippen LogP contribution in [0.2, 0.25) is 0 Å². The van der Waals surface area contributed by atoms with Gasteiger partial charge in [0.2, 0.25) is 0 Å². The van der Waals surface area contributed by atoms with Crippen molar-refractivity contribution in [3.05, 3.63) is 29.8 Å². The quantitative estimate of drug-likeness (QED) is 0.807. The van der Waals surface area contributed by atoms with Gasteiger partial charge in [-0.2, -0.15) is 13.2 Å². The van der Waals surface area contributed by atoms with Gasteiger partial charge in [0.25, 0.3) is 0 Å². The average molecular weight is 231 g/mol. The van der Waals surface area contributed by atoms with Crippen LogP contribution in [0.25, 0.3) is 0 Å². The summed E-state index contributed by atoms with van der Waals surface area (Å²) in [4.78, 5) is 10.2. The molecule has 1 rings (SSSR count). The second-order valence-electron chi connectivity index (χ2n) is 3.52. The highest BCUT2D eigenvalue weighted by atomic mass is 19.4. The largest absolute Gasteiger partial charge is 0.416 e. The fourth-order valence-electron chi connectivity index (χ4n) is 1.24. The van der Waals surface area contributed by atoms with E-state index in [0.29, 0.717) is 12.1 Å². The van der Waals surface area contributed by atoms with E-state index in [9.17, 15) is 18.0 Å². The second kappa shape index (κ2) is 5.01. The summed E-state index contributed by atoms with van der Waals surface area (Å²) < 4.78 is 36.7. The lowest BCUT2D eigenvalue weighted by Crippen LogP contribution is -2.15. The van der Waals surface area contributed by atoms with Crippen molar-refractivity contribution in [1.29, 1.82) is 0 Å². The minimum Gasteiger partial charge on any atom is -0.382 e. The van der Waals surface area contributed by atoms with Gasteiger partial charge in [-0.15, -0.1) is 0 Å². The van der Waals surface area contributed by atoms with E-state index in [1.165, 1.54) is 12.1 Å². The van der Waals surface area contributed by atoms with E-state index in [4.69, 9.17) is 0 Å². The van der Waals surface area contributed by atoms with E-state index in [0.717, 1.165) is 18.4 Å². The van der Waals surface area contributed by atoms with Gasteiger partial charge in [-0.05, 0) is 31.2 Å². The summed E-state index contributed by atoms with van der Waals surface area (Å²) in [6.07, 6.45) is -3.23. The van der Waals surface area contributed by atoms with Crippen molar-refractivity contribution in [3.63, 3.8) is 0 Å². The lowest BCUT2D eigenvalue weighted by atomic mass is 10.2. The number of alkyl halides is 3. The van der Waals surface area contributed by atoms with Gasteiger partial charge in [0.1, 0.15) is 6.29 Å². The van der Waals surface area contributed by atoms with E-state index < -0.39 is 11.7 Å².